The number of rotatable bonds is 2. The molecule has 0 bridgehead atoms. The summed E-state index contributed by atoms with van der Waals surface area (Å²) in [6, 6.07) is 5.26. The molecule has 0 unspecified atom stereocenters. The van der Waals surface area contributed by atoms with Gasteiger partial charge in [-0.05, 0) is 18.2 Å². The standard InChI is InChI=1S/C13H8Cl2N4/c14-8-1-2-10(15)9(5-8)11-7-18-13(19-11)12-6-16-3-4-17-12/h1-7H,(H,18,19). The number of imidazole rings is 1. The largest absolute Gasteiger partial charge is 0.343 e. The fourth-order valence-corrected chi connectivity index (χ4v) is 2.09. The highest BCUT2D eigenvalue weighted by Gasteiger charge is 2.10. The molecule has 1 N–H and O–H groups in total. The smallest absolute Gasteiger partial charge is 0.158 e. The van der Waals surface area contributed by atoms with Crippen LogP contribution in [0.2, 0.25) is 10.0 Å². The van der Waals surface area contributed by atoms with Crippen molar-refractivity contribution >= 4 is 23.2 Å². The summed E-state index contributed by atoms with van der Waals surface area (Å²) in [5.41, 5.74) is 2.17. The first-order chi connectivity index (χ1) is 9.24. The predicted octanol–water partition coefficient (Wildman–Crippen LogP) is 3.84. The molecule has 0 aliphatic heterocycles. The molecule has 0 saturated heterocycles. The van der Waals surface area contributed by atoms with E-state index < -0.39 is 0 Å². The van der Waals surface area contributed by atoms with Gasteiger partial charge in [0.05, 0.1) is 16.9 Å². The number of benzene rings is 1. The van der Waals surface area contributed by atoms with E-state index in [2.05, 4.69) is 19.9 Å². The van der Waals surface area contributed by atoms with Crippen LogP contribution in [-0.2, 0) is 0 Å². The van der Waals surface area contributed by atoms with E-state index in [1.165, 1.54) is 0 Å². The summed E-state index contributed by atoms with van der Waals surface area (Å²) in [5.74, 6) is 0.638. The second kappa shape index (κ2) is 4.99. The summed E-state index contributed by atoms with van der Waals surface area (Å²) in [6.45, 7) is 0. The van der Waals surface area contributed by atoms with Crippen LogP contribution in [-0.4, -0.2) is 19.9 Å². The van der Waals surface area contributed by atoms with Gasteiger partial charge in [0.2, 0.25) is 0 Å². The number of hydrogen-bond donors (Lipinski definition) is 1. The molecule has 2 aromatic heterocycles. The minimum Gasteiger partial charge on any atom is -0.343 e. The van der Waals surface area contributed by atoms with Crippen LogP contribution in [0.15, 0.2) is 43.0 Å². The molecular weight excluding hydrogens is 283 g/mol. The van der Waals surface area contributed by atoms with Gasteiger partial charge in [0.1, 0.15) is 5.69 Å². The molecule has 0 atom stereocenters. The Kier molecular flexibility index (Phi) is 3.19. The zero-order valence-electron chi connectivity index (χ0n) is 9.64. The van der Waals surface area contributed by atoms with E-state index in [-0.39, 0.29) is 0 Å². The molecule has 6 heteroatoms. The van der Waals surface area contributed by atoms with Crippen molar-refractivity contribution in [1.29, 1.82) is 0 Å². The number of aromatic amines is 1. The van der Waals surface area contributed by atoms with Crippen molar-refractivity contribution in [2.75, 3.05) is 0 Å². The lowest BCUT2D eigenvalue weighted by Gasteiger charge is -2.00. The Morgan fingerprint density at radius 1 is 1.05 bits per heavy atom. The number of halogens is 2. The molecule has 3 aromatic rings. The second-order valence-electron chi connectivity index (χ2n) is 3.85. The Hall–Kier alpha value is -1.91. The van der Waals surface area contributed by atoms with Gasteiger partial charge in [-0.25, -0.2) is 9.97 Å². The Morgan fingerprint density at radius 2 is 1.95 bits per heavy atom. The van der Waals surface area contributed by atoms with E-state index in [1.54, 1.807) is 43.0 Å². The molecule has 4 nitrogen and oxygen atoms in total. The number of hydrogen-bond acceptors (Lipinski definition) is 3. The monoisotopic (exact) mass is 290 g/mol. The molecule has 0 spiro atoms. The summed E-state index contributed by atoms with van der Waals surface area (Å²) in [7, 11) is 0. The van der Waals surface area contributed by atoms with Crippen molar-refractivity contribution in [2.45, 2.75) is 0 Å². The van der Waals surface area contributed by atoms with Crippen molar-refractivity contribution < 1.29 is 0 Å². The van der Waals surface area contributed by atoms with Gasteiger partial charge in [-0.1, -0.05) is 23.2 Å². The third-order valence-corrected chi connectivity index (χ3v) is 3.15. The average Bonchev–Trinajstić information content (AvgIpc) is 2.92. The van der Waals surface area contributed by atoms with Gasteiger partial charge in [-0.3, -0.25) is 4.98 Å². The van der Waals surface area contributed by atoms with Crippen molar-refractivity contribution in [3.8, 4) is 22.8 Å². The van der Waals surface area contributed by atoms with Crippen molar-refractivity contribution in [1.82, 2.24) is 19.9 Å². The summed E-state index contributed by atoms with van der Waals surface area (Å²) in [4.78, 5) is 15.7. The highest BCUT2D eigenvalue weighted by molar-refractivity contribution is 6.35. The lowest BCUT2D eigenvalue weighted by molar-refractivity contribution is 1.16. The maximum absolute atomic E-state index is 6.15. The van der Waals surface area contributed by atoms with Gasteiger partial charge in [0, 0.05) is 29.2 Å². The van der Waals surface area contributed by atoms with Gasteiger partial charge in [0.15, 0.2) is 5.82 Å². The van der Waals surface area contributed by atoms with Crippen LogP contribution >= 0.6 is 23.2 Å². The molecule has 0 fully saturated rings. The maximum Gasteiger partial charge on any atom is 0.158 e. The van der Waals surface area contributed by atoms with E-state index in [0.29, 0.717) is 27.3 Å². The Labute approximate surface area is 119 Å². The summed E-state index contributed by atoms with van der Waals surface area (Å²) >= 11 is 12.1. The van der Waals surface area contributed by atoms with E-state index in [4.69, 9.17) is 23.2 Å². The van der Waals surface area contributed by atoms with Crippen LogP contribution in [0.5, 0.6) is 0 Å². The molecule has 3 rings (SSSR count). The normalized spacial score (nSPS) is 10.6. The van der Waals surface area contributed by atoms with E-state index in [9.17, 15) is 0 Å². The maximum atomic E-state index is 6.15. The predicted molar refractivity (Wildman–Crippen MR) is 75.1 cm³/mol. The highest BCUT2D eigenvalue weighted by atomic mass is 35.5. The topological polar surface area (TPSA) is 54.5 Å². The fraction of sp³-hybridized carbons (Fsp3) is 0. The second-order valence-corrected chi connectivity index (χ2v) is 4.69. The zero-order valence-corrected chi connectivity index (χ0v) is 11.2. The van der Waals surface area contributed by atoms with Crippen molar-refractivity contribution in [3.05, 3.63) is 53.0 Å². The Balaban J connectivity index is 2.04. The molecule has 0 saturated carbocycles. The van der Waals surface area contributed by atoms with Gasteiger partial charge in [0.25, 0.3) is 0 Å². The average molecular weight is 291 g/mol. The van der Waals surface area contributed by atoms with Crippen molar-refractivity contribution in [2.24, 2.45) is 0 Å². The van der Waals surface area contributed by atoms with Crippen LogP contribution in [0.1, 0.15) is 0 Å². The number of H-pyrrole nitrogens is 1. The zero-order chi connectivity index (χ0) is 13.2. The molecule has 0 amide bonds. The number of aromatic nitrogens is 4. The SMILES string of the molecule is Clc1ccc(Cl)c(-c2c[nH]c(-c3cnccn3)n2)c1. The molecule has 94 valence electrons. The lowest BCUT2D eigenvalue weighted by Crippen LogP contribution is -1.86. The minimum atomic E-state index is 0.599. The van der Waals surface area contributed by atoms with Gasteiger partial charge >= 0.3 is 0 Å². The fourth-order valence-electron chi connectivity index (χ4n) is 1.71. The van der Waals surface area contributed by atoms with Crippen LogP contribution in [0, 0.1) is 0 Å². The first-order valence-corrected chi connectivity index (χ1v) is 6.27. The van der Waals surface area contributed by atoms with Gasteiger partial charge in [-0.15, -0.1) is 0 Å². The van der Waals surface area contributed by atoms with E-state index in [0.717, 1.165) is 5.56 Å². The molecule has 2 heterocycles. The number of nitrogens with zero attached hydrogens (tertiary/aromatic N) is 3. The van der Waals surface area contributed by atoms with E-state index >= 15 is 0 Å². The lowest BCUT2D eigenvalue weighted by atomic mass is 10.2. The molecule has 0 aliphatic carbocycles. The Morgan fingerprint density at radius 3 is 2.74 bits per heavy atom. The summed E-state index contributed by atoms with van der Waals surface area (Å²) in [6.07, 6.45) is 6.63. The minimum absolute atomic E-state index is 0.599. The van der Waals surface area contributed by atoms with Crippen LogP contribution in [0.4, 0.5) is 0 Å². The number of nitrogens with one attached hydrogen (secondary N) is 1. The molecular formula is C13H8Cl2N4. The van der Waals surface area contributed by atoms with Crippen LogP contribution in [0.25, 0.3) is 22.8 Å². The van der Waals surface area contributed by atoms with E-state index in [1.807, 2.05) is 0 Å². The third-order valence-electron chi connectivity index (χ3n) is 2.59. The van der Waals surface area contributed by atoms with Crippen LogP contribution in [0.3, 0.4) is 0 Å². The summed E-state index contributed by atoms with van der Waals surface area (Å²) in [5, 5.41) is 1.21. The molecule has 0 radical (unpaired) electrons. The molecule has 19 heavy (non-hydrogen) atoms. The quantitative estimate of drug-likeness (QED) is 0.780. The first-order valence-electron chi connectivity index (χ1n) is 5.51. The third kappa shape index (κ3) is 2.45. The van der Waals surface area contributed by atoms with Gasteiger partial charge < -0.3 is 4.98 Å². The highest BCUT2D eigenvalue weighted by Crippen LogP contribution is 2.30. The first kappa shape index (κ1) is 12.1. The van der Waals surface area contributed by atoms with Gasteiger partial charge in [-0.2, -0.15) is 0 Å². The Bertz CT molecular complexity index is 710. The van der Waals surface area contributed by atoms with Crippen LogP contribution < -0.4 is 0 Å². The molecule has 1 aromatic carbocycles. The molecule has 0 aliphatic rings. The summed E-state index contributed by atoms with van der Waals surface area (Å²) < 4.78 is 0. The van der Waals surface area contributed by atoms with Crippen molar-refractivity contribution in [3.63, 3.8) is 0 Å².